The Hall–Kier alpha value is -4.04. The molecule has 3 aromatic heterocycles. The van der Waals surface area contributed by atoms with Crippen LogP contribution in [0.25, 0.3) is 17.0 Å². The zero-order valence-electron chi connectivity index (χ0n) is 25.6. The zero-order valence-corrected chi connectivity index (χ0v) is 26.4. The molecular weight excluding hydrogens is 616 g/mol. The smallest absolute Gasteiger partial charge is 0.326 e. The van der Waals surface area contributed by atoms with Gasteiger partial charge >= 0.3 is 5.97 Å². The fourth-order valence-corrected chi connectivity index (χ4v) is 6.48. The molecule has 0 amide bonds. The number of nitrogens with zero attached hydrogens (tertiary/aromatic N) is 6. The van der Waals surface area contributed by atoms with E-state index < -0.39 is 23.7 Å². The lowest BCUT2D eigenvalue weighted by Crippen LogP contribution is -2.68. The predicted molar refractivity (Wildman–Crippen MR) is 169 cm³/mol. The van der Waals surface area contributed by atoms with Crippen molar-refractivity contribution in [1.29, 1.82) is 0 Å². The lowest BCUT2D eigenvalue weighted by atomic mass is 9.90. The molecule has 4 aliphatic heterocycles. The van der Waals surface area contributed by atoms with Crippen molar-refractivity contribution in [2.45, 2.75) is 44.1 Å². The van der Waals surface area contributed by atoms with Gasteiger partial charge < -0.3 is 38.6 Å². The lowest BCUT2D eigenvalue weighted by Gasteiger charge is -2.53. The van der Waals surface area contributed by atoms with Gasteiger partial charge in [0.15, 0.2) is 5.82 Å². The highest BCUT2D eigenvalue weighted by Crippen LogP contribution is 2.40. The number of carboxylic acid groups (broad SMARTS) is 1. The summed E-state index contributed by atoms with van der Waals surface area (Å²) in [4.78, 5) is 35.4. The van der Waals surface area contributed by atoms with Gasteiger partial charge in [-0.25, -0.2) is 24.7 Å². The van der Waals surface area contributed by atoms with E-state index in [1.165, 1.54) is 0 Å². The van der Waals surface area contributed by atoms with E-state index in [-0.39, 0.29) is 19.0 Å². The number of carbonyl (C=O) groups is 1. The van der Waals surface area contributed by atoms with Crippen LogP contribution in [0.1, 0.15) is 26.1 Å². The number of hydrogen-bond donors (Lipinski definition) is 1. The van der Waals surface area contributed by atoms with E-state index in [1.807, 2.05) is 31.2 Å². The van der Waals surface area contributed by atoms with Crippen LogP contribution >= 0.6 is 11.6 Å². The molecule has 242 valence electrons. The van der Waals surface area contributed by atoms with Crippen LogP contribution in [0.2, 0.25) is 5.02 Å². The molecule has 3 aromatic rings. The first-order chi connectivity index (χ1) is 22.3. The monoisotopic (exact) mass is 650 g/mol. The van der Waals surface area contributed by atoms with Gasteiger partial charge in [-0.15, -0.1) is 0 Å². The van der Waals surface area contributed by atoms with E-state index in [0.29, 0.717) is 86.0 Å². The van der Waals surface area contributed by atoms with E-state index >= 15 is 0 Å². The Morgan fingerprint density at radius 3 is 2.76 bits per heavy atom. The van der Waals surface area contributed by atoms with Gasteiger partial charge in [0.1, 0.15) is 29.3 Å². The first-order valence-corrected chi connectivity index (χ1v) is 15.8. The molecule has 0 radical (unpaired) electrons. The van der Waals surface area contributed by atoms with Crippen LogP contribution in [0.3, 0.4) is 0 Å². The van der Waals surface area contributed by atoms with Crippen LogP contribution in [0.5, 0.6) is 11.8 Å². The maximum Gasteiger partial charge on any atom is 0.326 e. The van der Waals surface area contributed by atoms with Crippen LogP contribution in [0, 0.1) is 0 Å². The fourth-order valence-electron chi connectivity index (χ4n) is 6.33. The minimum atomic E-state index is -0.981. The van der Waals surface area contributed by atoms with Gasteiger partial charge in [-0.05, 0) is 32.1 Å². The number of ether oxygens (including phenoxy) is 5. The number of aromatic nitrogens is 4. The molecule has 14 heteroatoms. The number of hydrogen-bond acceptors (Lipinski definition) is 12. The summed E-state index contributed by atoms with van der Waals surface area (Å²) < 4.78 is 29.3. The first-order valence-electron chi connectivity index (χ1n) is 15.4. The van der Waals surface area contributed by atoms with Gasteiger partial charge in [-0.2, -0.15) is 0 Å². The second-order valence-electron chi connectivity index (χ2n) is 11.7. The highest BCUT2D eigenvalue weighted by molar-refractivity contribution is 6.30. The third kappa shape index (κ3) is 5.83. The molecule has 3 saturated heterocycles. The van der Waals surface area contributed by atoms with Gasteiger partial charge in [0, 0.05) is 36.9 Å². The molecule has 7 heterocycles. The molecule has 1 spiro atoms. The van der Waals surface area contributed by atoms with Gasteiger partial charge in [-0.3, -0.25) is 0 Å². The second kappa shape index (κ2) is 12.6. The summed E-state index contributed by atoms with van der Waals surface area (Å²) in [6, 6.07) is 8.16. The topological polar surface area (TPSA) is 141 Å². The van der Waals surface area contributed by atoms with Crippen LogP contribution in [-0.2, 0) is 19.0 Å². The van der Waals surface area contributed by atoms with Crippen LogP contribution in [0.15, 0.2) is 42.6 Å². The van der Waals surface area contributed by atoms with Crippen molar-refractivity contribution in [1.82, 2.24) is 19.9 Å². The Bertz CT molecular complexity index is 1650. The number of aliphatic carboxylic acids is 1. The van der Waals surface area contributed by atoms with Crippen molar-refractivity contribution in [2.24, 2.45) is 0 Å². The average Bonchev–Trinajstić information content (AvgIpc) is 3.73. The quantitative estimate of drug-likeness (QED) is 0.361. The lowest BCUT2D eigenvalue weighted by molar-refractivity contribution is -0.228. The number of rotatable bonds is 9. The third-order valence-electron chi connectivity index (χ3n) is 8.86. The van der Waals surface area contributed by atoms with Crippen LogP contribution < -0.4 is 19.3 Å². The Kier molecular flexibility index (Phi) is 8.40. The number of carboxylic acids is 1. The molecule has 0 bridgehead atoms. The molecule has 46 heavy (non-hydrogen) atoms. The van der Waals surface area contributed by atoms with E-state index in [4.69, 9.17) is 45.3 Å². The van der Waals surface area contributed by atoms with Gasteiger partial charge in [0.2, 0.25) is 11.8 Å². The van der Waals surface area contributed by atoms with Crippen molar-refractivity contribution >= 4 is 34.6 Å². The summed E-state index contributed by atoms with van der Waals surface area (Å²) >= 11 is 6.42. The van der Waals surface area contributed by atoms with Crippen LogP contribution in [-0.4, -0.2) is 108 Å². The standard InChI is InChI=1S/C32H35ClN6O7/c1-3-44-28-6-4-5-23(35-28)24-13-27(37-29(36-24)20-7-9-42-16-20)39-15-22(12-26(39)31(40)41)46-30-25(11-21(33)14-34-30)38-8-10-45-32(19(38)2)17-43-18-32/h4-7,11,13-14,19,22,26H,3,8-10,12,15-18H2,1-2H3,(H,40,41)/t19-,22-,26-/m0/s1. The minimum Gasteiger partial charge on any atom is -0.480 e. The molecule has 3 atom stereocenters. The zero-order chi connectivity index (χ0) is 31.8. The molecule has 3 fully saturated rings. The van der Waals surface area contributed by atoms with E-state index in [2.05, 4.69) is 21.8 Å². The van der Waals surface area contributed by atoms with E-state index in [9.17, 15) is 9.90 Å². The second-order valence-corrected chi connectivity index (χ2v) is 12.1. The molecule has 7 rings (SSSR count). The summed E-state index contributed by atoms with van der Waals surface area (Å²) in [5.74, 6) is 0.788. The third-order valence-corrected chi connectivity index (χ3v) is 9.06. The number of anilines is 2. The van der Waals surface area contributed by atoms with Gasteiger partial charge in [0.25, 0.3) is 0 Å². The Morgan fingerprint density at radius 2 is 2.02 bits per heavy atom. The van der Waals surface area contributed by atoms with Gasteiger partial charge in [-0.1, -0.05) is 17.7 Å². The summed E-state index contributed by atoms with van der Waals surface area (Å²) in [5.41, 5.74) is 2.29. The molecule has 4 aliphatic rings. The Morgan fingerprint density at radius 1 is 1.15 bits per heavy atom. The van der Waals surface area contributed by atoms with E-state index in [0.717, 1.165) is 11.3 Å². The Balaban J connectivity index is 1.20. The highest BCUT2D eigenvalue weighted by Gasteiger charge is 2.50. The molecular formula is C32H35ClN6O7. The first kappa shape index (κ1) is 30.6. The number of pyridine rings is 2. The maximum absolute atomic E-state index is 12.6. The summed E-state index contributed by atoms with van der Waals surface area (Å²) in [7, 11) is 0. The van der Waals surface area contributed by atoms with Gasteiger partial charge in [0.05, 0.1) is 68.6 Å². The van der Waals surface area contributed by atoms with Crippen molar-refractivity contribution < 1.29 is 33.6 Å². The van der Waals surface area contributed by atoms with Crippen molar-refractivity contribution in [3.05, 3.63) is 53.5 Å². The largest absolute Gasteiger partial charge is 0.480 e. The SMILES string of the molecule is CCOc1cccc(-c2cc(N3C[C@@H](Oc4ncc(Cl)cc4N4CCOC5(COC5)[C@@H]4C)C[C@H]3C(=O)O)nc(C3=CCOC3)n2)n1. The fraction of sp³-hybridized carbons (Fsp3) is 0.469. The molecule has 0 unspecified atom stereocenters. The summed E-state index contributed by atoms with van der Waals surface area (Å²) in [6.07, 6.45) is 3.19. The average molecular weight is 651 g/mol. The molecule has 0 saturated carbocycles. The van der Waals surface area contributed by atoms with E-state index in [1.54, 1.807) is 23.2 Å². The Labute approximate surface area is 271 Å². The molecule has 13 nitrogen and oxygen atoms in total. The summed E-state index contributed by atoms with van der Waals surface area (Å²) in [6.45, 7) is 7.73. The van der Waals surface area contributed by atoms with Crippen molar-refractivity contribution in [3.63, 3.8) is 0 Å². The van der Waals surface area contributed by atoms with Crippen LogP contribution in [0.4, 0.5) is 11.5 Å². The maximum atomic E-state index is 12.6. The minimum absolute atomic E-state index is 0.00830. The number of halogens is 1. The van der Waals surface area contributed by atoms with Crippen molar-refractivity contribution in [2.75, 3.05) is 62.5 Å². The molecule has 0 aromatic carbocycles. The molecule has 0 aliphatic carbocycles. The van der Waals surface area contributed by atoms with Crippen molar-refractivity contribution in [3.8, 4) is 23.1 Å². The predicted octanol–water partition coefficient (Wildman–Crippen LogP) is 3.50. The highest BCUT2D eigenvalue weighted by atomic mass is 35.5. The normalized spacial score (nSPS) is 23.7. The number of morpholine rings is 1. The summed E-state index contributed by atoms with van der Waals surface area (Å²) in [5, 5.41) is 10.8. The molecule has 1 N–H and O–H groups in total.